The smallest absolute Gasteiger partial charge is 0.341 e. The van der Waals surface area contributed by atoms with Crippen LogP contribution in [0.3, 0.4) is 0 Å². The Morgan fingerprint density at radius 1 is 1.00 bits per heavy atom. The van der Waals surface area contributed by atoms with Crippen molar-refractivity contribution in [1.29, 1.82) is 0 Å². The van der Waals surface area contributed by atoms with E-state index in [2.05, 4.69) is 20.1 Å². The molecule has 0 atom stereocenters. The van der Waals surface area contributed by atoms with Gasteiger partial charge in [0, 0.05) is 19.3 Å². The van der Waals surface area contributed by atoms with E-state index >= 15 is 0 Å². The second-order valence-electron chi connectivity index (χ2n) is 8.10. The largest absolute Gasteiger partial charge is 0.497 e. The van der Waals surface area contributed by atoms with Gasteiger partial charge < -0.3 is 14.8 Å². The number of anilines is 1. The van der Waals surface area contributed by atoms with Gasteiger partial charge in [0.1, 0.15) is 11.3 Å². The highest BCUT2D eigenvalue weighted by Crippen LogP contribution is 2.28. The topological polar surface area (TPSA) is 124 Å². The molecule has 4 aromatic rings. The summed E-state index contributed by atoms with van der Waals surface area (Å²) in [6, 6.07) is 15.8. The number of pyridine rings is 1. The van der Waals surface area contributed by atoms with Crippen molar-refractivity contribution in [3.63, 3.8) is 0 Å². The molecule has 0 spiro atoms. The fourth-order valence-electron chi connectivity index (χ4n) is 3.80. The molecule has 10 nitrogen and oxygen atoms in total. The summed E-state index contributed by atoms with van der Waals surface area (Å²) in [6.45, 7) is 2.77. The molecule has 0 aliphatic carbocycles. The predicted molar refractivity (Wildman–Crippen MR) is 141 cm³/mol. The summed E-state index contributed by atoms with van der Waals surface area (Å²) >= 11 is 0. The van der Waals surface area contributed by atoms with E-state index in [9.17, 15) is 13.2 Å². The number of sulfonamides is 1. The van der Waals surface area contributed by atoms with E-state index in [1.165, 1.54) is 25.4 Å². The van der Waals surface area contributed by atoms with E-state index in [-0.39, 0.29) is 18.0 Å². The molecule has 2 aromatic carbocycles. The molecule has 11 heteroatoms. The van der Waals surface area contributed by atoms with Crippen LogP contribution in [0.25, 0.3) is 16.7 Å². The Hall–Kier alpha value is -3.96. The first-order chi connectivity index (χ1) is 17.9. The Morgan fingerprint density at radius 2 is 1.73 bits per heavy atom. The number of ether oxygens (including phenoxy) is 2. The molecule has 0 amide bonds. The van der Waals surface area contributed by atoms with Gasteiger partial charge in [-0.2, -0.15) is 5.10 Å². The highest BCUT2D eigenvalue weighted by molar-refractivity contribution is 7.89. The zero-order valence-corrected chi connectivity index (χ0v) is 21.5. The molecule has 0 bridgehead atoms. The van der Waals surface area contributed by atoms with Crippen LogP contribution in [0, 0.1) is 0 Å². The van der Waals surface area contributed by atoms with Gasteiger partial charge in [-0.15, -0.1) is 0 Å². The number of esters is 1. The average Bonchev–Trinajstić information content (AvgIpc) is 3.36. The molecule has 2 aromatic heterocycles. The summed E-state index contributed by atoms with van der Waals surface area (Å²) in [5, 5.41) is 8.48. The van der Waals surface area contributed by atoms with E-state index in [1.807, 2.05) is 30.3 Å². The number of nitrogens with one attached hydrogen (secondary N) is 2. The van der Waals surface area contributed by atoms with Gasteiger partial charge in [-0.25, -0.2) is 27.6 Å². The molecule has 2 N–H and O–H groups in total. The number of aromatic nitrogens is 3. The second-order valence-corrected chi connectivity index (χ2v) is 9.87. The van der Waals surface area contributed by atoms with Crippen molar-refractivity contribution in [1.82, 2.24) is 19.5 Å². The Bertz CT molecular complexity index is 1450. The number of hydrogen-bond acceptors (Lipinski definition) is 8. The number of hydrogen-bond donors (Lipinski definition) is 2. The van der Waals surface area contributed by atoms with Crippen LogP contribution in [0.5, 0.6) is 5.75 Å². The minimum atomic E-state index is -3.61. The van der Waals surface area contributed by atoms with Crippen molar-refractivity contribution >= 4 is 32.7 Å². The first-order valence-electron chi connectivity index (χ1n) is 11.9. The first kappa shape index (κ1) is 26.1. The SMILES string of the molecule is CCOC(=O)c1cnc2c(cnn2-c2ccccc2)c1NCCCCNS(=O)(=O)c1ccc(OC)cc1. The molecule has 0 fully saturated rings. The summed E-state index contributed by atoms with van der Waals surface area (Å²) < 4.78 is 39.6. The van der Waals surface area contributed by atoms with Crippen molar-refractivity contribution in [2.75, 3.05) is 32.1 Å². The monoisotopic (exact) mass is 523 g/mol. The van der Waals surface area contributed by atoms with Crippen molar-refractivity contribution in [3.8, 4) is 11.4 Å². The first-order valence-corrected chi connectivity index (χ1v) is 13.4. The van der Waals surface area contributed by atoms with Crippen LogP contribution < -0.4 is 14.8 Å². The van der Waals surface area contributed by atoms with Crippen LogP contribution in [0.15, 0.2) is 71.9 Å². The number of carbonyl (C=O) groups excluding carboxylic acids is 1. The van der Waals surface area contributed by atoms with Gasteiger partial charge in [0.05, 0.1) is 41.6 Å². The van der Waals surface area contributed by atoms with Crippen LogP contribution >= 0.6 is 0 Å². The van der Waals surface area contributed by atoms with Gasteiger partial charge in [-0.3, -0.25) is 0 Å². The standard InChI is InChI=1S/C26H29N5O5S/c1-3-36-26(32)23-17-28-25-22(18-29-31(25)19-9-5-4-6-10-19)24(23)27-15-7-8-16-30-37(33,34)21-13-11-20(35-2)12-14-21/h4-6,9-14,17-18,30H,3,7-8,15-16H2,1-2H3,(H,27,28). The van der Waals surface area contributed by atoms with Gasteiger partial charge in [0.15, 0.2) is 5.65 Å². The fourth-order valence-corrected chi connectivity index (χ4v) is 4.87. The number of methoxy groups -OCH3 is 1. The third kappa shape index (κ3) is 6.07. The molecule has 194 valence electrons. The fraction of sp³-hybridized carbons (Fsp3) is 0.269. The van der Waals surface area contributed by atoms with Crippen molar-refractivity contribution in [3.05, 3.63) is 72.6 Å². The highest BCUT2D eigenvalue weighted by atomic mass is 32.2. The van der Waals surface area contributed by atoms with Gasteiger partial charge in [-0.05, 0) is 56.2 Å². The number of unbranched alkanes of at least 4 members (excludes halogenated alkanes) is 1. The summed E-state index contributed by atoms with van der Waals surface area (Å²) in [4.78, 5) is 17.3. The molecular formula is C26H29N5O5S. The summed E-state index contributed by atoms with van der Waals surface area (Å²) in [5.41, 5.74) is 2.37. The number of benzene rings is 2. The van der Waals surface area contributed by atoms with E-state index in [1.54, 1.807) is 29.9 Å². The van der Waals surface area contributed by atoms with Gasteiger partial charge in [0.2, 0.25) is 10.0 Å². The number of rotatable bonds is 12. The zero-order valence-electron chi connectivity index (χ0n) is 20.7. The van der Waals surface area contributed by atoms with Crippen LogP contribution in [0.2, 0.25) is 0 Å². The minimum absolute atomic E-state index is 0.181. The molecule has 0 saturated carbocycles. The third-order valence-corrected chi connectivity index (χ3v) is 7.14. The lowest BCUT2D eigenvalue weighted by molar-refractivity contribution is 0.0527. The Kier molecular flexibility index (Phi) is 8.36. The molecule has 0 aliphatic rings. The summed E-state index contributed by atoms with van der Waals surface area (Å²) in [6.07, 6.45) is 4.41. The maximum Gasteiger partial charge on any atom is 0.341 e. The maximum absolute atomic E-state index is 12.6. The lowest BCUT2D eigenvalue weighted by Gasteiger charge is -2.13. The lowest BCUT2D eigenvalue weighted by Crippen LogP contribution is -2.25. The number of nitrogens with zero attached hydrogens (tertiary/aromatic N) is 3. The maximum atomic E-state index is 12.6. The van der Waals surface area contributed by atoms with Crippen LogP contribution in [-0.4, -0.2) is 56.0 Å². The molecule has 4 rings (SSSR count). The number of para-hydroxylation sites is 1. The second kappa shape index (κ2) is 11.8. The van der Waals surface area contributed by atoms with E-state index in [0.717, 1.165) is 5.69 Å². The predicted octanol–water partition coefficient (Wildman–Crippen LogP) is 3.78. The average molecular weight is 524 g/mol. The van der Waals surface area contributed by atoms with E-state index < -0.39 is 16.0 Å². The minimum Gasteiger partial charge on any atom is -0.497 e. The van der Waals surface area contributed by atoms with Gasteiger partial charge >= 0.3 is 5.97 Å². The number of carbonyl (C=O) groups is 1. The molecule has 0 radical (unpaired) electrons. The van der Waals surface area contributed by atoms with E-state index in [0.29, 0.717) is 47.4 Å². The van der Waals surface area contributed by atoms with Gasteiger partial charge in [-0.1, -0.05) is 18.2 Å². The molecule has 2 heterocycles. The normalized spacial score (nSPS) is 11.4. The quantitative estimate of drug-likeness (QED) is 0.212. The van der Waals surface area contributed by atoms with Crippen molar-refractivity contribution in [2.45, 2.75) is 24.7 Å². The summed E-state index contributed by atoms with van der Waals surface area (Å²) in [5.74, 6) is 0.117. The van der Waals surface area contributed by atoms with E-state index in [4.69, 9.17) is 9.47 Å². The molecular weight excluding hydrogens is 494 g/mol. The van der Waals surface area contributed by atoms with Crippen molar-refractivity contribution < 1.29 is 22.7 Å². The molecule has 0 saturated heterocycles. The Labute approximate surface area is 215 Å². The lowest BCUT2D eigenvalue weighted by atomic mass is 10.1. The Balaban J connectivity index is 1.42. The molecule has 0 aliphatic heterocycles. The highest BCUT2D eigenvalue weighted by Gasteiger charge is 2.19. The third-order valence-electron chi connectivity index (χ3n) is 5.66. The summed E-state index contributed by atoms with van der Waals surface area (Å²) in [7, 11) is -2.08. The van der Waals surface area contributed by atoms with Crippen molar-refractivity contribution in [2.24, 2.45) is 0 Å². The Morgan fingerprint density at radius 3 is 2.43 bits per heavy atom. The molecule has 37 heavy (non-hydrogen) atoms. The molecule has 0 unspecified atom stereocenters. The van der Waals surface area contributed by atoms with Crippen LogP contribution in [-0.2, 0) is 14.8 Å². The van der Waals surface area contributed by atoms with Gasteiger partial charge in [0.25, 0.3) is 0 Å². The van der Waals surface area contributed by atoms with Crippen LogP contribution in [0.4, 0.5) is 5.69 Å². The zero-order chi connectivity index (χ0) is 26.3. The number of fused-ring (bicyclic) bond motifs is 1. The van der Waals surface area contributed by atoms with Crippen LogP contribution in [0.1, 0.15) is 30.1 Å².